The number of piperidine rings is 1. The molecule has 7 heteroatoms. The third-order valence-electron chi connectivity index (χ3n) is 6.21. The van der Waals surface area contributed by atoms with Crippen molar-refractivity contribution in [3.05, 3.63) is 53.1 Å². The van der Waals surface area contributed by atoms with Crippen LogP contribution in [0.15, 0.2) is 30.5 Å². The van der Waals surface area contributed by atoms with E-state index in [0.29, 0.717) is 31.7 Å². The summed E-state index contributed by atoms with van der Waals surface area (Å²) >= 11 is 0. The lowest BCUT2D eigenvalue weighted by Crippen LogP contribution is -2.44. The van der Waals surface area contributed by atoms with Gasteiger partial charge in [-0.15, -0.1) is 0 Å². The van der Waals surface area contributed by atoms with Crippen LogP contribution in [0.4, 0.5) is 4.39 Å². The Balaban J connectivity index is 1.54. The van der Waals surface area contributed by atoms with Gasteiger partial charge in [0.05, 0.1) is 0 Å². The smallest absolute Gasteiger partial charge is 0.271 e. The van der Waals surface area contributed by atoms with Crippen molar-refractivity contribution in [1.82, 2.24) is 20.4 Å². The standard InChI is InChI=1S/C21H25FN4O2/c1-2-23-19(27)11-14-13-21(17-12-15(22)3-4-16(14)17)6-9-26(10-7-21)20(28)18-5-8-24-25-18/h3-5,8,12,14H,2,6-7,9-11,13H2,1H3,(H,23,27)(H,24,25)/t14-/m0/s1. The quantitative estimate of drug-likeness (QED) is 0.851. The maximum Gasteiger partial charge on any atom is 0.271 e. The minimum Gasteiger partial charge on any atom is -0.356 e. The Labute approximate surface area is 163 Å². The van der Waals surface area contributed by atoms with Crippen LogP contribution in [0.2, 0.25) is 0 Å². The summed E-state index contributed by atoms with van der Waals surface area (Å²) in [6, 6.07) is 6.64. The van der Waals surface area contributed by atoms with Gasteiger partial charge in [-0.3, -0.25) is 14.7 Å². The number of aromatic nitrogens is 2. The number of nitrogens with zero attached hydrogens (tertiary/aromatic N) is 2. The van der Waals surface area contributed by atoms with E-state index >= 15 is 0 Å². The van der Waals surface area contributed by atoms with Crippen molar-refractivity contribution in [2.75, 3.05) is 19.6 Å². The van der Waals surface area contributed by atoms with Crippen molar-refractivity contribution in [3.63, 3.8) is 0 Å². The van der Waals surface area contributed by atoms with Gasteiger partial charge in [0.2, 0.25) is 5.91 Å². The van der Waals surface area contributed by atoms with Gasteiger partial charge in [-0.2, -0.15) is 5.10 Å². The predicted molar refractivity (Wildman–Crippen MR) is 102 cm³/mol. The number of halogens is 1. The number of hydrogen-bond donors (Lipinski definition) is 2. The van der Waals surface area contributed by atoms with Gasteiger partial charge in [-0.1, -0.05) is 6.07 Å². The van der Waals surface area contributed by atoms with Crippen LogP contribution in [0.1, 0.15) is 60.1 Å². The molecule has 0 bridgehead atoms. The molecule has 2 aromatic rings. The Hall–Kier alpha value is -2.70. The Morgan fingerprint density at radius 3 is 2.79 bits per heavy atom. The number of rotatable bonds is 4. The second-order valence-electron chi connectivity index (χ2n) is 7.83. The minimum atomic E-state index is -0.243. The predicted octanol–water partition coefficient (Wildman–Crippen LogP) is 2.74. The number of amides is 2. The highest BCUT2D eigenvalue weighted by Crippen LogP contribution is 2.53. The molecular weight excluding hydrogens is 359 g/mol. The van der Waals surface area contributed by atoms with E-state index in [1.54, 1.807) is 18.3 Å². The van der Waals surface area contributed by atoms with Crippen LogP contribution in [0, 0.1) is 5.82 Å². The first-order valence-corrected chi connectivity index (χ1v) is 9.88. The zero-order valence-electron chi connectivity index (χ0n) is 16.0. The van der Waals surface area contributed by atoms with Crippen LogP contribution >= 0.6 is 0 Å². The Kier molecular flexibility index (Phi) is 4.91. The van der Waals surface area contributed by atoms with E-state index in [0.717, 1.165) is 30.4 Å². The first kappa shape index (κ1) is 18.7. The number of aromatic amines is 1. The molecule has 1 spiro atoms. The highest BCUT2D eigenvalue weighted by atomic mass is 19.1. The van der Waals surface area contributed by atoms with Crippen molar-refractivity contribution >= 4 is 11.8 Å². The molecule has 0 unspecified atom stereocenters. The van der Waals surface area contributed by atoms with E-state index in [4.69, 9.17) is 0 Å². The van der Waals surface area contributed by atoms with Gasteiger partial charge in [-0.25, -0.2) is 4.39 Å². The van der Waals surface area contributed by atoms with Crippen molar-refractivity contribution in [2.24, 2.45) is 0 Å². The topological polar surface area (TPSA) is 78.1 Å². The molecule has 1 aliphatic carbocycles. The second-order valence-corrected chi connectivity index (χ2v) is 7.83. The molecule has 28 heavy (non-hydrogen) atoms. The van der Waals surface area contributed by atoms with E-state index in [2.05, 4.69) is 15.5 Å². The lowest BCUT2D eigenvalue weighted by Gasteiger charge is -2.40. The number of nitrogens with one attached hydrogen (secondary N) is 2. The normalized spacial score (nSPS) is 20.2. The number of carbonyl (C=O) groups is 2. The average molecular weight is 384 g/mol. The van der Waals surface area contributed by atoms with E-state index in [1.165, 1.54) is 6.07 Å². The van der Waals surface area contributed by atoms with Crippen molar-refractivity contribution in [2.45, 2.75) is 43.9 Å². The summed E-state index contributed by atoms with van der Waals surface area (Å²) in [5, 5.41) is 9.44. The number of carbonyl (C=O) groups excluding carboxylic acids is 2. The maximum atomic E-state index is 14.0. The van der Waals surface area contributed by atoms with Crippen LogP contribution < -0.4 is 5.32 Å². The molecule has 1 aromatic heterocycles. The SMILES string of the molecule is CCNC(=O)C[C@H]1CC2(CCN(C(=O)c3ccn[nH]3)CC2)c2cc(F)ccc21. The number of H-pyrrole nitrogens is 1. The van der Waals surface area contributed by atoms with Gasteiger partial charge in [0.25, 0.3) is 5.91 Å². The highest BCUT2D eigenvalue weighted by molar-refractivity contribution is 5.92. The van der Waals surface area contributed by atoms with E-state index < -0.39 is 0 Å². The summed E-state index contributed by atoms with van der Waals surface area (Å²) in [6.45, 7) is 3.74. The fourth-order valence-electron chi connectivity index (χ4n) is 4.87. The fourth-order valence-corrected chi connectivity index (χ4v) is 4.87. The third kappa shape index (κ3) is 3.30. The van der Waals surface area contributed by atoms with Crippen molar-refractivity contribution < 1.29 is 14.0 Å². The summed E-state index contributed by atoms with van der Waals surface area (Å²) in [7, 11) is 0. The molecule has 0 saturated carbocycles. The molecule has 1 saturated heterocycles. The Morgan fingerprint density at radius 1 is 1.32 bits per heavy atom. The van der Waals surface area contributed by atoms with Crippen molar-refractivity contribution in [3.8, 4) is 0 Å². The molecule has 4 rings (SSSR count). The average Bonchev–Trinajstić information content (AvgIpc) is 3.30. The third-order valence-corrected chi connectivity index (χ3v) is 6.21. The van der Waals surface area contributed by atoms with Gasteiger partial charge in [-0.05, 0) is 66.8 Å². The van der Waals surface area contributed by atoms with Crippen LogP contribution in [0.5, 0.6) is 0 Å². The molecule has 1 atom stereocenters. The molecule has 1 fully saturated rings. The van der Waals surface area contributed by atoms with Crippen molar-refractivity contribution in [1.29, 1.82) is 0 Å². The van der Waals surface area contributed by atoms with Gasteiger partial charge < -0.3 is 10.2 Å². The molecule has 2 amide bonds. The highest BCUT2D eigenvalue weighted by Gasteiger charge is 2.46. The summed E-state index contributed by atoms with van der Waals surface area (Å²) < 4.78 is 14.0. The number of benzene rings is 1. The van der Waals surface area contributed by atoms with Gasteiger partial charge in [0, 0.05) is 32.3 Å². The van der Waals surface area contributed by atoms with E-state index in [-0.39, 0.29) is 29.0 Å². The molecule has 2 aliphatic rings. The first-order chi connectivity index (χ1) is 13.5. The Morgan fingerprint density at radius 2 is 2.11 bits per heavy atom. The molecule has 148 valence electrons. The van der Waals surface area contributed by atoms with Crippen LogP contribution in [0.25, 0.3) is 0 Å². The second kappa shape index (κ2) is 7.37. The molecule has 2 N–H and O–H groups in total. The minimum absolute atomic E-state index is 0.0340. The lowest BCUT2D eigenvalue weighted by atomic mass is 9.73. The first-order valence-electron chi connectivity index (χ1n) is 9.88. The van der Waals surface area contributed by atoms with Crippen LogP contribution in [-0.2, 0) is 10.2 Å². The molecule has 6 nitrogen and oxygen atoms in total. The molecule has 0 radical (unpaired) electrons. The number of hydrogen-bond acceptors (Lipinski definition) is 3. The van der Waals surface area contributed by atoms with Crippen LogP contribution in [-0.4, -0.2) is 46.5 Å². The molecular formula is C21H25FN4O2. The summed E-state index contributed by atoms with van der Waals surface area (Å²) in [6.07, 6.45) is 4.37. The maximum absolute atomic E-state index is 14.0. The number of fused-ring (bicyclic) bond motifs is 2. The van der Waals surface area contributed by atoms with Gasteiger partial charge >= 0.3 is 0 Å². The van der Waals surface area contributed by atoms with Gasteiger partial charge in [0.1, 0.15) is 11.5 Å². The molecule has 1 aromatic carbocycles. The zero-order valence-corrected chi connectivity index (χ0v) is 16.0. The van der Waals surface area contributed by atoms with Crippen LogP contribution in [0.3, 0.4) is 0 Å². The largest absolute Gasteiger partial charge is 0.356 e. The molecule has 1 aliphatic heterocycles. The number of likely N-dealkylation sites (tertiary alicyclic amines) is 1. The summed E-state index contributed by atoms with van der Waals surface area (Å²) in [5.41, 5.74) is 2.43. The fraction of sp³-hybridized carbons (Fsp3) is 0.476. The van der Waals surface area contributed by atoms with E-state index in [1.807, 2.05) is 17.9 Å². The van der Waals surface area contributed by atoms with E-state index in [9.17, 15) is 14.0 Å². The van der Waals surface area contributed by atoms with Gasteiger partial charge in [0.15, 0.2) is 0 Å². The Bertz CT molecular complexity index is 873. The monoisotopic (exact) mass is 384 g/mol. The molecule has 2 heterocycles. The summed E-state index contributed by atoms with van der Waals surface area (Å²) in [4.78, 5) is 26.6. The zero-order chi connectivity index (χ0) is 19.7. The lowest BCUT2D eigenvalue weighted by molar-refractivity contribution is -0.121. The summed E-state index contributed by atoms with van der Waals surface area (Å²) in [5.74, 6) is -0.167.